The first-order chi connectivity index (χ1) is 13.1. The maximum atomic E-state index is 11.6. The number of likely N-dealkylation sites (N-methyl/N-ethyl adjacent to an activating group) is 1. The Kier molecular flexibility index (Phi) is 6.47. The lowest BCUT2D eigenvalue weighted by Crippen LogP contribution is -2.46. The average Bonchev–Trinajstić information content (AvgIpc) is 3.09. The minimum atomic E-state index is -1.26. The molecule has 0 radical (unpaired) electrons. The van der Waals surface area contributed by atoms with Crippen LogP contribution < -0.4 is 10.4 Å². The molecule has 1 aliphatic carbocycles. The zero-order chi connectivity index (χ0) is 21.3. The van der Waals surface area contributed by atoms with Gasteiger partial charge in [-0.3, -0.25) is 4.99 Å². The Morgan fingerprint density at radius 3 is 2.25 bits per heavy atom. The number of methoxy groups -OCH3 is 1. The lowest BCUT2D eigenvalue weighted by Gasteiger charge is -2.34. The number of hydrogen-bond donors (Lipinski definition) is 1. The summed E-state index contributed by atoms with van der Waals surface area (Å²) in [6.07, 6.45) is 5.34. The second-order valence-electron chi connectivity index (χ2n) is 8.52. The number of ether oxygens (including phenoxy) is 1. The Morgan fingerprint density at radius 1 is 1.25 bits per heavy atom. The lowest BCUT2D eigenvalue weighted by molar-refractivity contribution is -0.149. The van der Waals surface area contributed by atoms with Crippen molar-refractivity contribution in [2.45, 2.75) is 59.3 Å². The number of hydrogen-bond acceptors (Lipinski definition) is 3. The van der Waals surface area contributed by atoms with Crippen LogP contribution in [0.1, 0.15) is 48.0 Å². The Balaban J connectivity index is 2.63. The summed E-state index contributed by atoms with van der Waals surface area (Å²) in [6, 6.07) is 8.39. The van der Waals surface area contributed by atoms with Crippen LogP contribution in [0, 0.1) is 17.3 Å². The first-order valence-corrected chi connectivity index (χ1v) is 10.3. The molecule has 4 unspecified atom stereocenters. The fraction of sp³-hybridized carbons (Fsp3) is 0.625. The summed E-state index contributed by atoms with van der Waals surface area (Å²) in [7, 11) is 5.45. The van der Waals surface area contributed by atoms with Crippen molar-refractivity contribution < 1.29 is 9.84 Å². The summed E-state index contributed by atoms with van der Waals surface area (Å²) in [5.41, 5.74) is -1.07. The summed E-state index contributed by atoms with van der Waals surface area (Å²) >= 11 is 0. The topological polar surface area (TPSA) is 45.1 Å². The first-order valence-electron chi connectivity index (χ1n) is 10.3. The fourth-order valence-corrected chi connectivity index (χ4v) is 5.31. The molecule has 0 aliphatic heterocycles. The van der Waals surface area contributed by atoms with E-state index in [2.05, 4.69) is 87.9 Å². The number of benzene rings is 1. The molecule has 0 saturated heterocycles. The van der Waals surface area contributed by atoms with E-state index in [4.69, 9.17) is 4.74 Å². The Morgan fingerprint density at radius 2 is 1.82 bits per heavy atom. The highest BCUT2D eigenvalue weighted by Crippen LogP contribution is 2.72. The Labute approximate surface area is 170 Å². The van der Waals surface area contributed by atoms with Crippen LogP contribution in [0.3, 0.4) is 0 Å². The molecule has 0 bridgehead atoms. The first kappa shape index (κ1) is 22.6. The molecule has 0 amide bonds. The van der Waals surface area contributed by atoms with E-state index in [1.54, 1.807) is 7.11 Å². The van der Waals surface area contributed by atoms with E-state index in [1.807, 2.05) is 14.1 Å². The van der Waals surface area contributed by atoms with Crippen LogP contribution in [0.2, 0.25) is 0 Å². The minimum Gasteiger partial charge on any atom is -0.363 e. The van der Waals surface area contributed by atoms with Gasteiger partial charge in [0.15, 0.2) is 5.79 Å². The van der Waals surface area contributed by atoms with E-state index in [1.165, 1.54) is 10.4 Å². The van der Waals surface area contributed by atoms with Crippen molar-refractivity contribution >= 4 is 18.0 Å². The maximum Gasteiger partial charge on any atom is 0.197 e. The summed E-state index contributed by atoms with van der Waals surface area (Å²) < 4.78 is 5.78. The normalized spacial score (nSPS) is 32.8. The highest BCUT2D eigenvalue weighted by Gasteiger charge is 2.87. The molecule has 4 nitrogen and oxygen atoms in total. The molecule has 4 atom stereocenters. The highest BCUT2D eigenvalue weighted by atomic mass is 16.6. The molecule has 1 N–H and O–H groups in total. The van der Waals surface area contributed by atoms with Gasteiger partial charge >= 0.3 is 0 Å². The molecule has 4 heteroatoms. The molecule has 1 fully saturated rings. The predicted molar refractivity (Wildman–Crippen MR) is 119 cm³/mol. The smallest absolute Gasteiger partial charge is 0.197 e. The maximum absolute atomic E-state index is 11.6. The van der Waals surface area contributed by atoms with Crippen LogP contribution >= 0.6 is 0 Å². The number of rotatable bonds is 6. The van der Waals surface area contributed by atoms with E-state index < -0.39 is 16.7 Å². The molecule has 1 saturated carbocycles. The van der Waals surface area contributed by atoms with Gasteiger partial charge in [0.25, 0.3) is 0 Å². The molecule has 28 heavy (non-hydrogen) atoms. The summed E-state index contributed by atoms with van der Waals surface area (Å²) in [5, 5.41) is 14.0. The molecule has 1 aromatic carbocycles. The van der Waals surface area contributed by atoms with Gasteiger partial charge in [-0.25, -0.2) is 0 Å². The molecule has 0 spiro atoms. The second kappa shape index (κ2) is 8.00. The van der Waals surface area contributed by atoms with E-state index in [0.717, 1.165) is 12.3 Å². The lowest BCUT2D eigenvalue weighted by atomic mass is 9.82. The zero-order valence-electron chi connectivity index (χ0n) is 19.1. The molecule has 0 heterocycles. The van der Waals surface area contributed by atoms with Gasteiger partial charge in [-0.2, -0.15) is 0 Å². The van der Waals surface area contributed by atoms with Crippen LogP contribution in [0.4, 0.5) is 0 Å². The Bertz CT molecular complexity index is 846. The van der Waals surface area contributed by atoms with Crippen LogP contribution in [-0.2, 0) is 4.74 Å². The van der Waals surface area contributed by atoms with Gasteiger partial charge in [0.2, 0.25) is 0 Å². The van der Waals surface area contributed by atoms with Crippen molar-refractivity contribution in [3.63, 3.8) is 0 Å². The number of nitrogens with zero attached hydrogens (tertiary/aromatic N) is 2. The minimum absolute atomic E-state index is 0.135. The van der Waals surface area contributed by atoms with Gasteiger partial charge in [-0.05, 0) is 36.6 Å². The summed E-state index contributed by atoms with van der Waals surface area (Å²) in [5.74, 6) is 0.106. The van der Waals surface area contributed by atoms with Gasteiger partial charge in [-0.1, -0.05) is 64.1 Å². The van der Waals surface area contributed by atoms with Crippen LogP contribution in [-0.4, -0.2) is 48.4 Å². The summed E-state index contributed by atoms with van der Waals surface area (Å²) in [4.78, 5) is 6.65. The van der Waals surface area contributed by atoms with Gasteiger partial charge in [-0.15, -0.1) is 0 Å². The highest BCUT2D eigenvalue weighted by molar-refractivity contribution is 5.85. The second-order valence-corrected chi connectivity index (χ2v) is 8.52. The number of aliphatic hydroxyl groups is 1. The average molecular weight is 387 g/mol. The van der Waals surface area contributed by atoms with Crippen molar-refractivity contribution in [1.29, 1.82) is 0 Å². The largest absolute Gasteiger partial charge is 0.363 e. The molecule has 1 aromatic rings. The SMILES string of the molecule is C/C=c1/ccccc1=CC(CC)C1(C)C(O)(OC)C1(C)N(C)C(=NC)C(C)C. The fourth-order valence-electron chi connectivity index (χ4n) is 5.31. The quantitative estimate of drug-likeness (QED) is 0.464. The molecule has 0 aromatic heterocycles. The molecule has 156 valence electrons. The van der Waals surface area contributed by atoms with Crippen LogP contribution in [0.15, 0.2) is 29.3 Å². The molecule has 1 aliphatic rings. The molecule has 2 rings (SSSR count). The third-order valence-corrected chi connectivity index (χ3v) is 7.24. The third-order valence-electron chi connectivity index (χ3n) is 7.24. The van der Waals surface area contributed by atoms with E-state index >= 15 is 0 Å². The van der Waals surface area contributed by atoms with Gasteiger partial charge in [0.05, 0.1) is 5.41 Å². The zero-order valence-corrected chi connectivity index (χ0v) is 19.1. The monoisotopic (exact) mass is 386 g/mol. The summed E-state index contributed by atoms with van der Waals surface area (Å²) in [6.45, 7) is 12.7. The molecular formula is C24H38N2O2. The molecular weight excluding hydrogens is 348 g/mol. The van der Waals surface area contributed by atoms with Crippen molar-refractivity contribution in [3.05, 3.63) is 34.7 Å². The van der Waals surface area contributed by atoms with Crippen molar-refractivity contribution in [1.82, 2.24) is 4.90 Å². The van der Waals surface area contributed by atoms with Gasteiger partial charge in [0.1, 0.15) is 11.4 Å². The van der Waals surface area contributed by atoms with Crippen molar-refractivity contribution in [2.24, 2.45) is 22.2 Å². The third kappa shape index (κ3) is 2.93. The Hall–Kier alpha value is -1.65. The van der Waals surface area contributed by atoms with Gasteiger partial charge in [0, 0.05) is 27.1 Å². The van der Waals surface area contributed by atoms with E-state index in [9.17, 15) is 5.11 Å². The van der Waals surface area contributed by atoms with Crippen LogP contribution in [0.25, 0.3) is 12.2 Å². The predicted octanol–water partition coefficient (Wildman–Crippen LogP) is 3.02. The van der Waals surface area contributed by atoms with E-state index in [0.29, 0.717) is 0 Å². The van der Waals surface area contributed by atoms with Crippen molar-refractivity contribution in [3.8, 4) is 0 Å². The van der Waals surface area contributed by atoms with Gasteiger partial charge < -0.3 is 14.7 Å². The van der Waals surface area contributed by atoms with Crippen LogP contribution in [0.5, 0.6) is 0 Å². The number of amidine groups is 1. The number of aliphatic imine (C=N–C) groups is 1. The van der Waals surface area contributed by atoms with Crippen molar-refractivity contribution in [2.75, 3.05) is 21.2 Å². The standard InChI is InChI=1S/C24H38N2O2/c1-10-18-14-12-13-15-19(18)16-20(11-2)22(5)23(6,24(22,27)28-9)26(8)21(25-7)17(3)4/h10,12-17,20,27H,11H2,1-9H3/b18-10-,19-16?,25-21?. The van der Waals surface area contributed by atoms with E-state index in [-0.39, 0.29) is 11.8 Å².